The van der Waals surface area contributed by atoms with Crippen LogP contribution in [-0.4, -0.2) is 29.5 Å². The number of halogens is 2. The molecule has 2 aromatic carbocycles. The smallest absolute Gasteiger partial charge is 0.199 e. The molecule has 0 saturated heterocycles. The quantitative estimate of drug-likeness (QED) is 0.244. The molecule has 0 saturated carbocycles. The molecule has 0 spiro atoms. The summed E-state index contributed by atoms with van der Waals surface area (Å²) in [5, 5.41) is 15.2. The molecule has 1 unspecified atom stereocenters. The first kappa shape index (κ1) is 22.3. The first-order valence-electron chi connectivity index (χ1n) is 9.77. The average molecular weight is 580 g/mol. The Morgan fingerprint density at radius 2 is 1.19 bits per heavy atom. The second-order valence-electron chi connectivity index (χ2n) is 7.26. The summed E-state index contributed by atoms with van der Waals surface area (Å²) in [6.07, 6.45) is 0.935. The maximum atomic E-state index is 5.60. The maximum absolute atomic E-state index is 5.60. The van der Waals surface area contributed by atoms with Crippen LogP contribution in [0.2, 0.25) is 0 Å². The standard InChI is InChI=1S/C21H20Br2N6S2/c1-3-12(2)17(18-24-26-20(30)28(18)15-8-4-13(22)5-9-15)19-25-27-21(31)29(19)16-10-6-14(23)7-11-16/h4-12,17H,3H2,1-2H3,(H,26,30)(H,27,31). The van der Waals surface area contributed by atoms with Crippen molar-refractivity contribution in [2.75, 3.05) is 0 Å². The average Bonchev–Trinajstić information content (AvgIpc) is 3.33. The molecule has 0 aliphatic rings. The van der Waals surface area contributed by atoms with E-state index in [4.69, 9.17) is 24.4 Å². The summed E-state index contributed by atoms with van der Waals surface area (Å²) in [4.78, 5) is 0. The van der Waals surface area contributed by atoms with Gasteiger partial charge in [-0.05, 0) is 78.9 Å². The van der Waals surface area contributed by atoms with Crippen LogP contribution in [-0.2, 0) is 0 Å². The van der Waals surface area contributed by atoms with E-state index in [1.807, 2.05) is 57.7 Å². The van der Waals surface area contributed by atoms with Gasteiger partial charge in [-0.15, -0.1) is 0 Å². The van der Waals surface area contributed by atoms with Crippen molar-refractivity contribution in [3.8, 4) is 11.4 Å². The summed E-state index contributed by atoms with van der Waals surface area (Å²) in [6, 6.07) is 16.0. The molecule has 10 heteroatoms. The molecule has 2 aromatic heterocycles. The molecule has 0 aliphatic heterocycles. The van der Waals surface area contributed by atoms with Crippen LogP contribution in [0.15, 0.2) is 57.5 Å². The Balaban J connectivity index is 1.93. The summed E-state index contributed by atoms with van der Waals surface area (Å²) < 4.78 is 7.03. The van der Waals surface area contributed by atoms with Crippen molar-refractivity contribution in [1.29, 1.82) is 0 Å². The number of benzene rings is 2. The highest BCUT2D eigenvalue weighted by Gasteiger charge is 2.31. The molecule has 0 amide bonds. The van der Waals surface area contributed by atoms with Gasteiger partial charge >= 0.3 is 0 Å². The van der Waals surface area contributed by atoms with Crippen molar-refractivity contribution in [2.24, 2.45) is 5.92 Å². The molecule has 31 heavy (non-hydrogen) atoms. The number of hydrogen-bond donors (Lipinski definition) is 2. The maximum Gasteiger partial charge on any atom is 0.199 e. The lowest BCUT2D eigenvalue weighted by molar-refractivity contribution is 0.451. The van der Waals surface area contributed by atoms with Crippen molar-refractivity contribution in [2.45, 2.75) is 26.2 Å². The van der Waals surface area contributed by atoms with Crippen molar-refractivity contribution >= 4 is 56.3 Å². The van der Waals surface area contributed by atoms with E-state index >= 15 is 0 Å². The third-order valence-electron chi connectivity index (χ3n) is 5.34. The van der Waals surface area contributed by atoms with Crippen LogP contribution in [0.5, 0.6) is 0 Å². The van der Waals surface area contributed by atoms with Gasteiger partial charge in [0.1, 0.15) is 11.6 Å². The Morgan fingerprint density at radius 1 is 0.806 bits per heavy atom. The van der Waals surface area contributed by atoms with Gasteiger partial charge in [-0.2, -0.15) is 10.2 Å². The highest BCUT2D eigenvalue weighted by atomic mass is 79.9. The minimum absolute atomic E-state index is 0.141. The van der Waals surface area contributed by atoms with Gasteiger partial charge < -0.3 is 0 Å². The molecular weight excluding hydrogens is 560 g/mol. The van der Waals surface area contributed by atoms with Crippen LogP contribution in [0.25, 0.3) is 11.4 Å². The fourth-order valence-electron chi connectivity index (χ4n) is 3.58. The second kappa shape index (κ2) is 9.32. The van der Waals surface area contributed by atoms with Crippen molar-refractivity contribution in [3.05, 3.63) is 78.7 Å². The van der Waals surface area contributed by atoms with Crippen LogP contribution in [0.4, 0.5) is 0 Å². The van der Waals surface area contributed by atoms with Crippen LogP contribution in [0, 0.1) is 15.5 Å². The second-order valence-corrected chi connectivity index (χ2v) is 9.87. The SMILES string of the molecule is CCC(C)C(c1n[nH]c(=S)n1-c1ccc(Br)cc1)c1n[nH]c(=S)n1-c1ccc(Br)cc1. The zero-order valence-electron chi connectivity index (χ0n) is 16.8. The summed E-state index contributed by atoms with van der Waals surface area (Å²) in [5.41, 5.74) is 1.88. The van der Waals surface area contributed by atoms with E-state index < -0.39 is 0 Å². The molecule has 0 radical (unpaired) electrons. The van der Waals surface area contributed by atoms with Crippen molar-refractivity contribution < 1.29 is 0 Å². The van der Waals surface area contributed by atoms with E-state index in [0.29, 0.717) is 9.54 Å². The van der Waals surface area contributed by atoms with E-state index in [1.54, 1.807) is 0 Å². The van der Waals surface area contributed by atoms with Crippen LogP contribution < -0.4 is 0 Å². The molecular formula is C21H20Br2N6S2. The summed E-state index contributed by atoms with van der Waals surface area (Å²) >= 11 is 18.2. The van der Waals surface area contributed by atoms with E-state index in [-0.39, 0.29) is 11.8 Å². The molecule has 160 valence electrons. The largest absolute Gasteiger partial charge is 0.272 e. The van der Waals surface area contributed by atoms with Crippen LogP contribution >= 0.6 is 56.3 Å². The highest BCUT2D eigenvalue weighted by Crippen LogP contribution is 2.34. The lowest BCUT2D eigenvalue weighted by Crippen LogP contribution is -2.20. The molecule has 4 rings (SSSR count). The number of rotatable bonds is 6. The molecule has 6 nitrogen and oxygen atoms in total. The van der Waals surface area contributed by atoms with Gasteiger partial charge in [-0.1, -0.05) is 52.1 Å². The zero-order chi connectivity index (χ0) is 22.1. The molecule has 0 fully saturated rings. The fraction of sp³-hybridized carbons (Fsp3) is 0.238. The van der Waals surface area contributed by atoms with Gasteiger partial charge in [-0.3, -0.25) is 19.3 Å². The fourth-order valence-corrected chi connectivity index (χ4v) is 4.59. The topological polar surface area (TPSA) is 67.2 Å². The first-order chi connectivity index (χ1) is 14.9. The summed E-state index contributed by atoms with van der Waals surface area (Å²) in [5.74, 6) is 1.69. The minimum Gasteiger partial charge on any atom is -0.272 e. The molecule has 2 heterocycles. The monoisotopic (exact) mass is 578 g/mol. The van der Waals surface area contributed by atoms with Crippen LogP contribution in [0.3, 0.4) is 0 Å². The minimum atomic E-state index is -0.141. The number of aromatic amines is 2. The number of nitrogens with one attached hydrogen (secondary N) is 2. The molecule has 4 aromatic rings. The highest BCUT2D eigenvalue weighted by molar-refractivity contribution is 9.10. The molecule has 0 bridgehead atoms. The predicted octanol–water partition coefficient (Wildman–Crippen LogP) is 6.88. The van der Waals surface area contributed by atoms with Crippen molar-refractivity contribution in [1.82, 2.24) is 29.5 Å². The van der Waals surface area contributed by atoms with Crippen LogP contribution in [0.1, 0.15) is 37.8 Å². The third-order valence-corrected chi connectivity index (χ3v) is 6.94. The zero-order valence-corrected chi connectivity index (χ0v) is 21.6. The Kier molecular flexibility index (Phi) is 6.71. The van der Waals surface area contributed by atoms with E-state index in [9.17, 15) is 0 Å². The number of nitrogens with zero attached hydrogens (tertiary/aromatic N) is 4. The van der Waals surface area contributed by atoms with Gasteiger partial charge in [0, 0.05) is 20.3 Å². The van der Waals surface area contributed by atoms with Gasteiger partial charge in [0.05, 0.1) is 5.92 Å². The Morgan fingerprint density at radius 3 is 1.55 bits per heavy atom. The first-order valence-corrected chi connectivity index (χ1v) is 12.2. The number of aromatic nitrogens is 6. The van der Waals surface area contributed by atoms with Gasteiger partial charge in [-0.25, -0.2) is 0 Å². The number of H-pyrrole nitrogens is 2. The Hall–Kier alpha value is -1.88. The molecule has 2 N–H and O–H groups in total. The molecule has 1 atom stereocenters. The molecule has 0 aliphatic carbocycles. The van der Waals surface area contributed by atoms with Gasteiger partial charge in [0.25, 0.3) is 0 Å². The Labute approximate surface area is 207 Å². The summed E-state index contributed by atoms with van der Waals surface area (Å²) in [6.45, 7) is 4.35. The van der Waals surface area contributed by atoms with E-state index in [2.05, 4.69) is 66.1 Å². The lowest BCUT2D eigenvalue weighted by Gasteiger charge is -2.23. The van der Waals surface area contributed by atoms with E-state index in [0.717, 1.165) is 38.4 Å². The Bertz CT molecular complexity index is 1200. The normalized spacial score (nSPS) is 12.4. The predicted molar refractivity (Wildman–Crippen MR) is 134 cm³/mol. The summed E-state index contributed by atoms with van der Waals surface area (Å²) in [7, 11) is 0. The van der Waals surface area contributed by atoms with Gasteiger partial charge in [0.15, 0.2) is 9.54 Å². The lowest BCUT2D eigenvalue weighted by atomic mass is 9.89. The third kappa shape index (κ3) is 4.39. The van der Waals surface area contributed by atoms with Gasteiger partial charge in [0.2, 0.25) is 0 Å². The number of hydrogen-bond acceptors (Lipinski definition) is 4. The van der Waals surface area contributed by atoms with Crippen molar-refractivity contribution in [3.63, 3.8) is 0 Å². The van der Waals surface area contributed by atoms with E-state index in [1.165, 1.54) is 0 Å².